The van der Waals surface area contributed by atoms with Gasteiger partial charge in [0.05, 0.1) is 12.7 Å². The highest BCUT2D eigenvalue weighted by atomic mass is 16.5. The fraction of sp³-hybridized carbons (Fsp3) is 0.158. The number of aryl methyl sites for hydroxylation is 1. The summed E-state index contributed by atoms with van der Waals surface area (Å²) in [5.74, 6) is 2.08. The summed E-state index contributed by atoms with van der Waals surface area (Å²) < 4.78 is 5.34. The van der Waals surface area contributed by atoms with Gasteiger partial charge in [-0.15, -0.1) is 0 Å². The Balaban J connectivity index is 1.74. The van der Waals surface area contributed by atoms with Gasteiger partial charge >= 0.3 is 0 Å². The molecule has 6 nitrogen and oxygen atoms in total. The number of para-hydroxylation sites is 2. The largest absolute Gasteiger partial charge is 0.507 e. The molecule has 6 heteroatoms. The van der Waals surface area contributed by atoms with Gasteiger partial charge in [0.25, 0.3) is 0 Å². The number of anilines is 1. The quantitative estimate of drug-likeness (QED) is 0.600. The van der Waals surface area contributed by atoms with E-state index in [-0.39, 0.29) is 5.75 Å². The van der Waals surface area contributed by atoms with Crippen LogP contribution in [0.4, 0.5) is 5.82 Å². The first-order valence-corrected chi connectivity index (χ1v) is 7.92. The number of hydrogen-bond acceptors (Lipinski definition) is 6. The molecular formula is C19H20N4O2. The van der Waals surface area contributed by atoms with Gasteiger partial charge in [0.1, 0.15) is 17.3 Å². The van der Waals surface area contributed by atoms with Gasteiger partial charge in [-0.25, -0.2) is 15.4 Å². The normalized spacial score (nSPS) is 10.5. The molecule has 0 fully saturated rings. The minimum absolute atomic E-state index is 0.154. The lowest BCUT2D eigenvalue weighted by molar-refractivity contribution is 0.408. The molecule has 0 atom stereocenters. The van der Waals surface area contributed by atoms with Gasteiger partial charge in [-0.05, 0) is 25.1 Å². The number of aromatic nitrogens is 2. The number of rotatable bonds is 6. The molecule has 0 spiro atoms. The highest BCUT2D eigenvalue weighted by Crippen LogP contribution is 2.26. The van der Waals surface area contributed by atoms with Crippen molar-refractivity contribution >= 4 is 5.82 Å². The van der Waals surface area contributed by atoms with Crippen LogP contribution in [0.5, 0.6) is 11.5 Å². The van der Waals surface area contributed by atoms with Crippen molar-refractivity contribution in [3.8, 4) is 22.9 Å². The molecule has 25 heavy (non-hydrogen) atoms. The number of phenolic OH excluding ortho intramolecular Hbond substituents is 1. The van der Waals surface area contributed by atoms with Crippen LogP contribution in [0.15, 0.2) is 54.6 Å². The summed E-state index contributed by atoms with van der Waals surface area (Å²) in [5, 5.41) is 10.00. The SMILES string of the molecule is COc1ccccc1CNNc1cc(C)nc(-c2ccccc2O)n1. The zero-order valence-corrected chi connectivity index (χ0v) is 14.2. The van der Waals surface area contributed by atoms with Crippen LogP contribution >= 0.6 is 0 Å². The second-order valence-electron chi connectivity index (χ2n) is 5.53. The maximum Gasteiger partial charge on any atom is 0.165 e. The van der Waals surface area contributed by atoms with Crippen molar-refractivity contribution in [1.82, 2.24) is 15.4 Å². The van der Waals surface area contributed by atoms with Gasteiger partial charge in [0, 0.05) is 23.9 Å². The average Bonchev–Trinajstić information content (AvgIpc) is 2.62. The third-order valence-corrected chi connectivity index (χ3v) is 3.69. The molecule has 0 aliphatic rings. The van der Waals surface area contributed by atoms with E-state index in [1.807, 2.05) is 43.3 Å². The Hall–Kier alpha value is -3.12. The minimum atomic E-state index is 0.154. The second-order valence-corrected chi connectivity index (χ2v) is 5.53. The molecule has 0 radical (unpaired) electrons. The third-order valence-electron chi connectivity index (χ3n) is 3.69. The molecule has 0 aliphatic heterocycles. The summed E-state index contributed by atoms with van der Waals surface area (Å²) >= 11 is 0. The average molecular weight is 336 g/mol. The molecular weight excluding hydrogens is 316 g/mol. The van der Waals surface area contributed by atoms with Crippen LogP contribution in [0.3, 0.4) is 0 Å². The van der Waals surface area contributed by atoms with E-state index in [1.54, 1.807) is 25.3 Å². The molecule has 3 N–H and O–H groups in total. The lowest BCUT2D eigenvalue weighted by Gasteiger charge is -2.12. The van der Waals surface area contributed by atoms with Crippen LogP contribution in [0, 0.1) is 6.92 Å². The molecule has 2 aromatic carbocycles. The number of methoxy groups -OCH3 is 1. The van der Waals surface area contributed by atoms with Crippen molar-refractivity contribution in [2.45, 2.75) is 13.5 Å². The smallest absolute Gasteiger partial charge is 0.165 e. The van der Waals surface area contributed by atoms with E-state index >= 15 is 0 Å². The summed E-state index contributed by atoms with van der Waals surface area (Å²) in [6, 6.07) is 16.7. The Morgan fingerprint density at radius 1 is 1.04 bits per heavy atom. The molecule has 128 valence electrons. The van der Waals surface area contributed by atoms with Crippen molar-refractivity contribution in [1.29, 1.82) is 0 Å². The lowest BCUT2D eigenvalue weighted by Crippen LogP contribution is -2.22. The van der Waals surface area contributed by atoms with Gasteiger partial charge in [0.2, 0.25) is 0 Å². The van der Waals surface area contributed by atoms with E-state index in [4.69, 9.17) is 4.74 Å². The number of aromatic hydroxyl groups is 1. The van der Waals surface area contributed by atoms with Crippen LogP contribution in [0.25, 0.3) is 11.4 Å². The first-order chi connectivity index (χ1) is 12.2. The number of hydrogen-bond donors (Lipinski definition) is 3. The predicted octanol–water partition coefficient (Wildman–Crippen LogP) is 3.28. The summed E-state index contributed by atoms with van der Waals surface area (Å²) in [5.41, 5.74) is 8.64. The number of nitrogens with zero attached hydrogens (tertiary/aromatic N) is 2. The van der Waals surface area contributed by atoms with Crippen molar-refractivity contribution in [3.05, 3.63) is 65.9 Å². The molecule has 0 aliphatic carbocycles. The molecule has 3 rings (SSSR count). The van der Waals surface area contributed by atoms with E-state index in [2.05, 4.69) is 20.8 Å². The number of phenols is 1. The van der Waals surface area contributed by atoms with Gasteiger partial charge in [-0.2, -0.15) is 0 Å². The Bertz CT molecular complexity index is 868. The van der Waals surface area contributed by atoms with E-state index < -0.39 is 0 Å². The number of nitrogens with one attached hydrogen (secondary N) is 2. The highest BCUT2D eigenvalue weighted by molar-refractivity contribution is 5.64. The van der Waals surface area contributed by atoms with Gasteiger partial charge in [0.15, 0.2) is 5.82 Å². The highest BCUT2D eigenvalue weighted by Gasteiger charge is 2.09. The maximum absolute atomic E-state index is 10.00. The maximum atomic E-state index is 10.00. The van der Waals surface area contributed by atoms with Crippen molar-refractivity contribution < 1.29 is 9.84 Å². The Kier molecular flexibility index (Phi) is 5.11. The molecule has 3 aromatic rings. The molecule has 1 aromatic heterocycles. The van der Waals surface area contributed by atoms with E-state index in [9.17, 15) is 5.11 Å². The van der Waals surface area contributed by atoms with Gasteiger partial charge in [-0.3, -0.25) is 0 Å². The summed E-state index contributed by atoms with van der Waals surface area (Å²) in [7, 11) is 1.65. The third kappa shape index (κ3) is 4.05. The summed E-state index contributed by atoms with van der Waals surface area (Å²) in [6.07, 6.45) is 0. The van der Waals surface area contributed by atoms with Crippen LogP contribution in [-0.2, 0) is 6.54 Å². The Morgan fingerprint density at radius 3 is 2.60 bits per heavy atom. The van der Waals surface area contributed by atoms with Crippen molar-refractivity contribution in [3.63, 3.8) is 0 Å². The van der Waals surface area contributed by atoms with Gasteiger partial charge in [-0.1, -0.05) is 30.3 Å². The van der Waals surface area contributed by atoms with E-state index in [0.717, 1.165) is 17.0 Å². The fourth-order valence-corrected chi connectivity index (χ4v) is 2.49. The molecule has 0 saturated carbocycles. The summed E-state index contributed by atoms with van der Waals surface area (Å²) in [6.45, 7) is 2.45. The predicted molar refractivity (Wildman–Crippen MR) is 97.3 cm³/mol. The Morgan fingerprint density at radius 2 is 1.80 bits per heavy atom. The molecule has 0 saturated heterocycles. The lowest BCUT2D eigenvalue weighted by atomic mass is 10.2. The van der Waals surface area contributed by atoms with Crippen molar-refractivity contribution in [2.24, 2.45) is 0 Å². The first-order valence-electron chi connectivity index (χ1n) is 7.92. The topological polar surface area (TPSA) is 79.3 Å². The minimum Gasteiger partial charge on any atom is -0.507 e. The van der Waals surface area contributed by atoms with E-state index in [1.165, 1.54) is 0 Å². The van der Waals surface area contributed by atoms with Crippen LogP contribution < -0.4 is 15.6 Å². The monoisotopic (exact) mass is 336 g/mol. The van der Waals surface area contributed by atoms with Gasteiger partial charge < -0.3 is 15.3 Å². The second kappa shape index (κ2) is 7.63. The number of ether oxygens (including phenoxy) is 1. The molecule has 0 amide bonds. The fourth-order valence-electron chi connectivity index (χ4n) is 2.49. The van der Waals surface area contributed by atoms with Crippen LogP contribution in [0.1, 0.15) is 11.3 Å². The number of hydrazine groups is 1. The summed E-state index contributed by atoms with van der Waals surface area (Å²) in [4.78, 5) is 8.86. The standard InChI is InChI=1S/C19H20N4O2/c1-13-11-18(22-19(21-13)15-8-4-5-9-16(15)24)23-20-12-14-7-3-6-10-17(14)25-2/h3-11,20,24H,12H2,1-2H3,(H,21,22,23). The zero-order chi connectivity index (χ0) is 17.6. The Labute approximate surface area is 146 Å². The molecule has 0 unspecified atom stereocenters. The van der Waals surface area contributed by atoms with Crippen LogP contribution in [0.2, 0.25) is 0 Å². The van der Waals surface area contributed by atoms with Crippen LogP contribution in [-0.4, -0.2) is 22.2 Å². The van der Waals surface area contributed by atoms with Crippen molar-refractivity contribution in [2.75, 3.05) is 12.5 Å². The first kappa shape index (κ1) is 16.7. The molecule has 0 bridgehead atoms. The molecule has 1 heterocycles. The number of benzene rings is 2. The van der Waals surface area contributed by atoms with E-state index in [0.29, 0.717) is 23.8 Å². The zero-order valence-electron chi connectivity index (χ0n) is 14.2.